The Balaban J connectivity index is 3.06. The first-order valence-corrected chi connectivity index (χ1v) is 5.77. The van der Waals surface area contributed by atoms with Crippen molar-refractivity contribution in [3.8, 4) is 0 Å². The first kappa shape index (κ1) is 12.7. The van der Waals surface area contributed by atoms with Crippen LogP contribution in [0.15, 0.2) is 6.33 Å². The molecular formula is C12H22N4. The molecule has 0 saturated carbocycles. The third kappa shape index (κ3) is 3.36. The largest absolute Gasteiger partial charge is 0.373 e. The van der Waals surface area contributed by atoms with E-state index in [2.05, 4.69) is 48.3 Å². The van der Waals surface area contributed by atoms with Crippen molar-refractivity contribution in [1.29, 1.82) is 0 Å². The van der Waals surface area contributed by atoms with Gasteiger partial charge in [-0.15, -0.1) is 0 Å². The molecule has 0 aliphatic carbocycles. The maximum atomic E-state index is 4.33. The topological polar surface area (TPSA) is 49.8 Å². The highest BCUT2D eigenvalue weighted by Gasteiger charge is 2.15. The predicted molar refractivity (Wildman–Crippen MR) is 68.9 cm³/mol. The Morgan fingerprint density at radius 3 is 2.31 bits per heavy atom. The van der Waals surface area contributed by atoms with Crippen LogP contribution < -0.4 is 10.6 Å². The van der Waals surface area contributed by atoms with Gasteiger partial charge in [-0.05, 0) is 27.2 Å². The van der Waals surface area contributed by atoms with Crippen molar-refractivity contribution in [2.45, 2.75) is 46.1 Å². The highest BCUT2D eigenvalue weighted by molar-refractivity contribution is 5.57. The molecule has 0 aliphatic heterocycles. The fourth-order valence-corrected chi connectivity index (χ4v) is 1.58. The third-order valence-electron chi connectivity index (χ3n) is 2.18. The Kier molecular flexibility index (Phi) is 4.10. The Morgan fingerprint density at radius 2 is 1.81 bits per heavy atom. The second kappa shape index (κ2) is 5.14. The standard InChI is InChI=1S/C12H22N4/c1-6-7-9-10(13-5)14-8-15-11(9)16-12(2,3)4/h8H,6-7H2,1-5H3,(H2,13,14,15,16). The smallest absolute Gasteiger partial charge is 0.135 e. The van der Waals surface area contributed by atoms with Gasteiger partial charge in [-0.2, -0.15) is 0 Å². The third-order valence-corrected chi connectivity index (χ3v) is 2.18. The molecule has 0 spiro atoms. The molecule has 1 rings (SSSR count). The lowest BCUT2D eigenvalue weighted by molar-refractivity contribution is 0.628. The maximum absolute atomic E-state index is 4.33. The molecule has 0 unspecified atom stereocenters. The summed E-state index contributed by atoms with van der Waals surface area (Å²) >= 11 is 0. The minimum atomic E-state index is 0.0157. The van der Waals surface area contributed by atoms with Crippen molar-refractivity contribution in [2.75, 3.05) is 17.7 Å². The van der Waals surface area contributed by atoms with Gasteiger partial charge in [-0.1, -0.05) is 13.3 Å². The van der Waals surface area contributed by atoms with E-state index in [0.717, 1.165) is 24.5 Å². The molecule has 90 valence electrons. The van der Waals surface area contributed by atoms with Gasteiger partial charge in [0.1, 0.15) is 18.0 Å². The van der Waals surface area contributed by atoms with E-state index in [-0.39, 0.29) is 5.54 Å². The minimum Gasteiger partial charge on any atom is -0.373 e. The van der Waals surface area contributed by atoms with Crippen molar-refractivity contribution in [1.82, 2.24) is 9.97 Å². The fraction of sp³-hybridized carbons (Fsp3) is 0.667. The van der Waals surface area contributed by atoms with E-state index in [1.807, 2.05) is 7.05 Å². The highest BCUT2D eigenvalue weighted by atomic mass is 15.1. The van der Waals surface area contributed by atoms with Crippen LogP contribution in [0.25, 0.3) is 0 Å². The number of anilines is 2. The second-order valence-corrected chi connectivity index (χ2v) is 4.92. The molecule has 0 atom stereocenters. The van der Waals surface area contributed by atoms with Gasteiger partial charge >= 0.3 is 0 Å². The summed E-state index contributed by atoms with van der Waals surface area (Å²) in [5.74, 6) is 1.86. The number of aromatic nitrogens is 2. The molecule has 16 heavy (non-hydrogen) atoms. The normalized spacial score (nSPS) is 11.3. The zero-order chi connectivity index (χ0) is 12.2. The molecule has 0 saturated heterocycles. The average molecular weight is 222 g/mol. The molecule has 0 aliphatic rings. The van der Waals surface area contributed by atoms with Crippen LogP contribution in [0.2, 0.25) is 0 Å². The van der Waals surface area contributed by atoms with Crippen LogP contribution in [0, 0.1) is 0 Å². The number of hydrogen-bond acceptors (Lipinski definition) is 4. The second-order valence-electron chi connectivity index (χ2n) is 4.92. The maximum Gasteiger partial charge on any atom is 0.135 e. The van der Waals surface area contributed by atoms with E-state index in [9.17, 15) is 0 Å². The van der Waals surface area contributed by atoms with Crippen molar-refractivity contribution < 1.29 is 0 Å². The van der Waals surface area contributed by atoms with Gasteiger partial charge in [-0.3, -0.25) is 0 Å². The molecule has 0 aromatic carbocycles. The van der Waals surface area contributed by atoms with Crippen LogP contribution in [0.1, 0.15) is 39.7 Å². The predicted octanol–water partition coefficient (Wildman–Crippen LogP) is 2.68. The molecule has 1 aromatic rings. The molecule has 2 N–H and O–H groups in total. The lowest BCUT2D eigenvalue weighted by Crippen LogP contribution is -2.27. The molecule has 0 fully saturated rings. The van der Waals surface area contributed by atoms with Crippen LogP contribution in [0.4, 0.5) is 11.6 Å². The summed E-state index contributed by atoms with van der Waals surface area (Å²) in [5.41, 5.74) is 1.18. The van der Waals surface area contributed by atoms with Crippen molar-refractivity contribution in [3.05, 3.63) is 11.9 Å². The van der Waals surface area contributed by atoms with Gasteiger partial charge in [0, 0.05) is 18.2 Å². The Morgan fingerprint density at radius 1 is 1.19 bits per heavy atom. The van der Waals surface area contributed by atoms with Gasteiger partial charge in [0.2, 0.25) is 0 Å². The molecule has 1 heterocycles. The first-order valence-electron chi connectivity index (χ1n) is 5.77. The van der Waals surface area contributed by atoms with E-state index in [4.69, 9.17) is 0 Å². The van der Waals surface area contributed by atoms with Gasteiger partial charge in [-0.25, -0.2) is 9.97 Å². The summed E-state index contributed by atoms with van der Waals surface area (Å²) in [5, 5.41) is 6.53. The molecule has 4 nitrogen and oxygen atoms in total. The summed E-state index contributed by atoms with van der Waals surface area (Å²) in [7, 11) is 1.89. The van der Waals surface area contributed by atoms with E-state index in [1.54, 1.807) is 6.33 Å². The lowest BCUT2D eigenvalue weighted by Gasteiger charge is -2.23. The van der Waals surface area contributed by atoms with Gasteiger partial charge in [0.25, 0.3) is 0 Å². The number of hydrogen-bond donors (Lipinski definition) is 2. The lowest BCUT2D eigenvalue weighted by atomic mass is 10.1. The molecule has 0 bridgehead atoms. The van der Waals surface area contributed by atoms with Gasteiger partial charge in [0.05, 0.1) is 0 Å². The molecule has 0 radical (unpaired) electrons. The Bertz CT molecular complexity index is 341. The van der Waals surface area contributed by atoms with E-state index in [0.29, 0.717) is 0 Å². The molecule has 1 aromatic heterocycles. The van der Waals surface area contributed by atoms with E-state index < -0.39 is 0 Å². The van der Waals surface area contributed by atoms with E-state index >= 15 is 0 Å². The monoisotopic (exact) mass is 222 g/mol. The number of nitrogens with one attached hydrogen (secondary N) is 2. The molecule has 4 heteroatoms. The zero-order valence-corrected chi connectivity index (χ0v) is 10.9. The number of rotatable bonds is 4. The van der Waals surface area contributed by atoms with Crippen molar-refractivity contribution in [3.63, 3.8) is 0 Å². The average Bonchev–Trinajstić information content (AvgIpc) is 2.18. The SMILES string of the molecule is CCCc1c(NC)ncnc1NC(C)(C)C. The van der Waals surface area contributed by atoms with Crippen molar-refractivity contribution in [2.24, 2.45) is 0 Å². The van der Waals surface area contributed by atoms with Crippen LogP contribution in [-0.2, 0) is 6.42 Å². The van der Waals surface area contributed by atoms with Crippen LogP contribution >= 0.6 is 0 Å². The van der Waals surface area contributed by atoms with Gasteiger partial charge in [0.15, 0.2) is 0 Å². The van der Waals surface area contributed by atoms with Crippen LogP contribution in [0.3, 0.4) is 0 Å². The Hall–Kier alpha value is -1.32. The summed E-state index contributed by atoms with van der Waals surface area (Å²) in [6.45, 7) is 8.55. The number of nitrogens with zero attached hydrogens (tertiary/aromatic N) is 2. The van der Waals surface area contributed by atoms with Crippen molar-refractivity contribution >= 4 is 11.6 Å². The molecule has 0 amide bonds. The summed E-state index contributed by atoms with van der Waals surface area (Å²) in [6.07, 6.45) is 3.66. The van der Waals surface area contributed by atoms with Gasteiger partial charge < -0.3 is 10.6 Å². The van der Waals surface area contributed by atoms with Crippen LogP contribution in [0.5, 0.6) is 0 Å². The summed E-state index contributed by atoms with van der Waals surface area (Å²) in [6, 6.07) is 0. The summed E-state index contributed by atoms with van der Waals surface area (Å²) in [4.78, 5) is 8.57. The quantitative estimate of drug-likeness (QED) is 0.822. The highest BCUT2D eigenvalue weighted by Crippen LogP contribution is 2.23. The zero-order valence-electron chi connectivity index (χ0n) is 10.9. The van der Waals surface area contributed by atoms with E-state index in [1.165, 1.54) is 5.56 Å². The molecular weight excluding hydrogens is 200 g/mol. The Labute approximate surface area is 97.9 Å². The fourth-order valence-electron chi connectivity index (χ4n) is 1.58. The van der Waals surface area contributed by atoms with Crippen LogP contribution in [-0.4, -0.2) is 22.6 Å². The minimum absolute atomic E-state index is 0.0157. The summed E-state index contributed by atoms with van der Waals surface area (Å²) < 4.78 is 0. The first-order chi connectivity index (χ1) is 7.48.